The third kappa shape index (κ3) is 5.24. The molecule has 0 spiro atoms. The maximum Gasteiger partial charge on any atom is 0.407 e. The molecule has 1 atom stereocenters. The van der Waals surface area contributed by atoms with Crippen LogP contribution in [0.15, 0.2) is 48.5 Å². The number of ether oxygens (including phenoxy) is 1. The molecule has 0 aromatic heterocycles. The van der Waals surface area contributed by atoms with E-state index in [1.807, 2.05) is 54.6 Å². The quantitative estimate of drug-likeness (QED) is 0.585. The average Bonchev–Trinajstić information content (AvgIpc) is 3.09. The van der Waals surface area contributed by atoms with Crippen molar-refractivity contribution in [2.45, 2.75) is 32.2 Å². The van der Waals surface area contributed by atoms with Crippen LogP contribution in [-0.4, -0.2) is 42.3 Å². The lowest BCUT2D eigenvalue weighted by Gasteiger charge is -2.21. The lowest BCUT2D eigenvalue weighted by atomic mass is 9.96. The Hall–Kier alpha value is -3.86. The molecular weight excluding hydrogens is 410 g/mol. The van der Waals surface area contributed by atoms with E-state index in [9.17, 15) is 14.4 Å². The Morgan fingerprint density at radius 1 is 1.09 bits per heavy atom. The van der Waals surface area contributed by atoms with Gasteiger partial charge in [0.2, 0.25) is 5.91 Å². The number of carbonyl (C=O) groups excluding carboxylic acids is 2. The van der Waals surface area contributed by atoms with Crippen molar-refractivity contribution in [3.05, 3.63) is 59.7 Å². The van der Waals surface area contributed by atoms with Crippen molar-refractivity contribution in [2.75, 3.05) is 13.2 Å². The largest absolute Gasteiger partial charge is 0.481 e. The van der Waals surface area contributed by atoms with Crippen molar-refractivity contribution in [3.8, 4) is 17.2 Å². The summed E-state index contributed by atoms with van der Waals surface area (Å²) in [6.07, 6.45) is -1.49. The number of fused-ring (bicyclic) bond motifs is 3. The predicted octanol–water partition coefficient (Wildman–Crippen LogP) is 3.03. The molecule has 2 amide bonds. The zero-order valence-corrected chi connectivity index (χ0v) is 17.9. The van der Waals surface area contributed by atoms with Crippen LogP contribution in [0, 0.1) is 16.7 Å². The highest BCUT2D eigenvalue weighted by Gasteiger charge is 2.30. The van der Waals surface area contributed by atoms with Crippen molar-refractivity contribution < 1.29 is 24.2 Å². The van der Waals surface area contributed by atoms with Crippen LogP contribution in [0.1, 0.15) is 37.3 Å². The van der Waals surface area contributed by atoms with Crippen LogP contribution in [-0.2, 0) is 14.3 Å². The number of carbonyl (C=O) groups is 3. The molecule has 0 radical (unpaired) electrons. The first-order chi connectivity index (χ1) is 15.2. The summed E-state index contributed by atoms with van der Waals surface area (Å²) in [4.78, 5) is 36.0. The lowest BCUT2D eigenvalue weighted by molar-refractivity contribution is -0.139. The van der Waals surface area contributed by atoms with Crippen molar-refractivity contribution in [3.63, 3.8) is 0 Å². The fourth-order valence-electron chi connectivity index (χ4n) is 3.64. The van der Waals surface area contributed by atoms with Gasteiger partial charge >= 0.3 is 12.1 Å². The van der Waals surface area contributed by atoms with E-state index < -0.39 is 35.8 Å². The van der Waals surface area contributed by atoms with Crippen LogP contribution < -0.4 is 10.6 Å². The van der Waals surface area contributed by atoms with Gasteiger partial charge in [0.05, 0.1) is 17.9 Å². The molecule has 1 unspecified atom stereocenters. The number of hydrogen-bond donors (Lipinski definition) is 3. The average molecular weight is 435 g/mol. The van der Waals surface area contributed by atoms with Gasteiger partial charge in [-0.15, -0.1) is 0 Å². The Balaban J connectivity index is 1.65. The molecule has 1 aliphatic rings. The van der Waals surface area contributed by atoms with Gasteiger partial charge in [-0.05, 0) is 36.1 Å². The molecule has 3 rings (SSSR count). The molecule has 0 bridgehead atoms. The molecule has 8 heteroatoms. The van der Waals surface area contributed by atoms with Gasteiger partial charge in [0, 0.05) is 12.5 Å². The number of benzene rings is 2. The lowest BCUT2D eigenvalue weighted by Crippen LogP contribution is -2.49. The third-order valence-corrected chi connectivity index (χ3v) is 5.34. The number of rotatable bonds is 8. The Morgan fingerprint density at radius 3 is 2.19 bits per heavy atom. The van der Waals surface area contributed by atoms with Crippen molar-refractivity contribution >= 4 is 18.0 Å². The summed E-state index contributed by atoms with van der Waals surface area (Å²) in [5.74, 6) is -2.09. The molecule has 1 aliphatic carbocycles. The summed E-state index contributed by atoms with van der Waals surface area (Å²) in [5, 5.41) is 23.0. The van der Waals surface area contributed by atoms with E-state index >= 15 is 0 Å². The summed E-state index contributed by atoms with van der Waals surface area (Å²) in [6, 6.07) is 16.5. The van der Waals surface area contributed by atoms with Gasteiger partial charge in [0.25, 0.3) is 0 Å². The zero-order chi connectivity index (χ0) is 23.3. The Kier molecular flexibility index (Phi) is 6.79. The smallest absolute Gasteiger partial charge is 0.407 e. The molecule has 3 N–H and O–H groups in total. The minimum absolute atomic E-state index is 0.0187. The van der Waals surface area contributed by atoms with Gasteiger partial charge < -0.3 is 20.5 Å². The molecule has 2 aromatic rings. The number of nitrogens with zero attached hydrogens (tertiary/aromatic N) is 1. The van der Waals surface area contributed by atoms with Crippen molar-refractivity contribution in [1.29, 1.82) is 5.26 Å². The van der Waals surface area contributed by atoms with Gasteiger partial charge in [0.15, 0.2) is 0 Å². The number of alkyl carbamates (subject to hydrolysis) is 1. The van der Waals surface area contributed by atoms with Gasteiger partial charge in [-0.2, -0.15) is 5.26 Å². The van der Waals surface area contributed by atoms with E-state index in [-0.39, 0.29) is 19.1 Å². The molecule has 0 saturated carbocycles. The molecule has 8 nitrogen and oxygen atoms in total. The van der Waals surface area contributed by atoms with Gasteiger partial charge in [-0.25, -0.2) is 4.79 Å². The van der Waals surface area contributed by atoms with E-state index in [2.05, 4.69) is 10.6 Å². The third-order valence-electron chi connectivity index (χ3n) is 5.34. The molecular formula is C24H25N3O5. The highest BCUT2D eigenvalue weighted by Crippen LogP contribution is 2.44. The second kappa shape index (κ2) is 9.52. The van der Waals surface area contributed by atoms with Crippen LogP contribution >= 0.6 is 0 Å². The van der Waals surface area contributed by atoms with Crippen LogP contribution in [0.2, 0.25) is 0 Å². The van der Waals surface area contributed by atoms with E-state index in [0.717, 1.165) is 22.3 Å². The fourth-order valence-corrected chi connectivity index (χ4v) is 3.64. The first kappa shape index (κ1) is 22.8. The number of nitriles is 1. The molecule has 0 saturated heterocycles. The number of carboxylic acid groups (broad SMARTS) is 1. The van der Waals surface area contributed by atoms with Crippen molar-refractivity contribution in [2.24, 2.45) is 5.41 Å². The Morgan fingerprint density at radius 2 is 1.66 bits per heavy atom. The number of hydrogen-bond acceptors (Lipinski definition) is 5. The zero-order valence-electron chi connectivity index (χ0n) is 17.9. The van der Waals surface area contributed by atoms with Gasteiger partial charge in [-0.1, -0.05) is 48.5 Å². The van der Waals surface area contributed by atoms with Crippen LogP contribution in [0.5, 0.6) is 0 Å². The minimum Gasteiger partial charge on any atom is -0.481 e. The van der Waals surface area contributed by atoms with E-state index in [4.69, 9.17) is 15.1 Å². The highest BCUT2D eigenvalue weighted by molar-refractivity contribution is 5.89. The van der Waals surface area contributed by atoms with Crippen molar-refractivity contribution in [1.82, 2.24) is 10.6 Å². The highest BCUT2D eigenvalue weighted by atomic mass is 16.5. The molecule has 32 heavy (non-hydrogen) atoms. The van der Waals surface area contributed by atoms with Crippen LogP contribution in [0.3, 0.4) is 0 Å². The first-order valence-electron chi connectivity index (χ1n) is 10.2. The maximum absolute atomic E-state index is 12.4. The molecule has 2 aromatic carbocycles. The Bertz CT molecular complexity index is 1030. The monoisotopic (exact) mass is 435 g/mol. The van der Waals surface area contributed by atoms with E-state index in [1.165, 1.54) is 0 Å². The molecule has 0 heterocycles. The number of aliphatic carboxylic acids is 1. The molecule has 0 fully saturated rings. The molecule has 0 aliphatic heterocycles. The summed E-state index contributed by atoms with van der Waals surface area (Å²) in [6.45, 7) is 3.34. The fraction of sp³-hybridized carbons (Fsp3) is 0.333. The van der Waals surface area contributed by atoms with Gasteiger partial charge in [-0.3, -0.25) is 9.59 Å². The summed E-state index contributed by atoms with van der Waals surface area (Å²) in [5.41, 5.74) is 3.42. The number of amides is 2. The van der Waals surface area contributed by atoms with E-state index in [1.54, 1.807) is 13.8 Å². The van der Waals surface area contributed by atoms with Crippen LogP contribution in [0.4, 0.5) is 4.79 Å². The topological polar surface area (TPSA) is 129 Å². The predicted molar refractivity (Wildman–Crippen MR) is 117 cm³/mol. The first-order valence-corrected chi connectivity index (χ1v) is 10.2. The molecule has 166 valence electrons. The number of carboxylic acids is 1. The standard InChI is InChI=1S/C24H25N3O5/c1-24(2,13-25)14-26-22(30)20(11-21(28)29)27-23(31)32-12-19-17-9-5-3-7-15(17)16-8-4-6-10-18(16)19/h3-10,19-20H,11-12,14H2,1-2H3,(H,26,30)(H,27,31)(H,28,29). The summed E-state index contributed by atoms with van der Waals surface area (Å²) >= 11 is 0. The van der Waals surface area contributed by atoms with Gasteiger partial charge in [0.1, 0.15) is 12.6 Å². The second-order valence-electron chi connectivity index (χ2n) is 8.33. The normalized spacial score (nSPS) is 13.3. The maximum atomic E-state index is 12.4. The SMILES string of the molecule is CC(C)(C#N)CNC(=O)C(CC(=O)O)NC(=O)OCC1c2ccccc2-c2ccccc21. The summed E-state index contributed by atoms with van der Waals surface area (Å²) in [7, 11) is 0. The summed E-state index contributed by atoms with van der Waals surface area (Å²) < 4.78 is 5.39. The van der Waals surface area contributed by atoms with Crippen LogP contribution in [0.25, 0.3) is 11.1 Å². The number of nitrogens with one attached hydrogen (secondary N) is 2. The second-order valence-corrected chi connectivity index (χ2v) is 8.33. The minimum atomic E-state index is -1.32. The Labute approximate surface area is 186 Å². The van der Waals surface area contributed by atoms with E-state index in [0.29, 0.717) is 0 Å².